The van der Waals surface area contributed by atoms with Crippen LogP contribution >= 0.6 is 0 Å². The molecule has 1 aromatic rings. The lowest BCUT2D eigenvalue weighted by molar-refractivity contribution is -0.142. The van der Waals surface area contributed by atoms with Gasteiger partial charge in [0.25, 0.3) is 0 Å². The van der Waals surface area contributed by atoms with Crippen molar-refractivity contribution in [2.75, 3.05) is 0 Å². The van der Waals surface area contributed by atoms with Gasteiger partial charge in [-0.2, -0.15) is 0 Å². The number of benzene rings is 1. The molecule has 2 N–H and O–H groups in total. The number of carboxylic acid groups (broad SMARTS) is 1. The van der Waals surface area contributed by atoms with Gasteiger partial charge >= 0.3 is 5.97 Å². The Kier molecular flexibility index (Phi) is 4.60. The summed E-state index contributed by atoms with van der Waals surface area (Å²) >= 11 is 0. The smallest absolute Gasteiger partial charge is 0.325 e. The van der Waals surface area contributed by atoms with Crippen LogP contribution in [0, 0.1) is 5.82 Å². The Morgan fingerprint density at radius 1 is 1.29 bits per heavy atom. The number of nitrogens with one attached hydrogen (secondary N) is 1. The molecule has 0 bridgehead atoms. The average molecular weight is 293 g/mol. The quantitative estimate of drug-likeness (QED) is 0.896. The molecule has 21 heavy (non-hydrogen) atoms. The lowest BCUT2D eigenvalue weighted by Gasteiger charge is -2.37. The van der Waals surface area contributed by atoms with Crippen molar-refractivity contribution in [3.05, 3.63) is 35.6 Å². The fraction of sp³-hybridized carbons (Fsp3) is 0.500. The van der Waals surface area contributed by atoms with Gasteiger partial charge in [0, 0.05) is 0 Å². The van der Waals surface area contributed by atoms with Crippen LogP contribution in [0.3, 0.4) is 0 Å². The standard InChI is InChI=1S/C16H20FNO3/c1-11(14(19)20)18-15(21)16(8-3-2-4-9-16)12-6-5-7-13(17)10-12/h5-7,10-11H,2-4,8-9H2,1H3,(H,18,21)(H,19,20)/t11-/m0/s1. The van der Waals surface area contributed by atoms with Gasteiger partial charge in [0.05, 0.1) is 5.41 Å². The minimum Gasteiger partial charge on any atom is -0.480 e. The van der Waals surface area contributed by atoms with Crippen LogP contribution in [0.4, 0.5) is 4.39 Å². The molecule has 2 rings (SSSR count). The van der Waals surface area contributed by atoms with Crippen molar-refractivity contribution in [3.63, 3.8) is 0 Å². The van der Waals surface area contributed by atoms with Crippen molar-refractivity contribution < 1.29 is 19.1 Å². The van der Waals surface area contributed by atoms with Gasteiger partial charge in [-0.3, -0.25) is 9.59 Å². The van der Waals surface area contributed by atoms with Crippen molar-refractivity contribution in [2.24, 2.45) is 0 Å². The van der Waals surface area contributed by atoms with E-state index in [1.165, 1.54) is 19.1 Å². The van der Waals surface area contributed by atoms with Crippen molar-refractivity contribution in [1.29, 1.82) is 0 Å². The molecular formula is C16H20FNO3. The van der Waals surface area contributed by atoms with Crippen molar-refractivity contribution >= 4 is 11.9 Å². The van der Waals surface area contributed by atoms with Gasteiger partial charge in [-0.25, -0.2) is 4.39 Å². The molecule has 1 saturated carbocycles. The van der Waals surface area contributed by atoms with Gasteiger partial charge in [-0.05, 0) is 37.5 Å². The van der Waals surface area contributed by atoms with Gasteiger partial charge in [0.2, 0.25) is 5.91 Å². The second kappa shape index (κ2) is 6.24. The zero-order chi connectivity index (χ0) is 15.5. The summed E-state index contributed by atoms with van der Waals surface area (Å²) in [7, 11) is 0. The lowest BCUT2D eigenvalue weighted by Crippen LogP contribution is -2.50. The molecule has 5 heteroatoms. The lowest BCUT2D eigenvalue weighted by atomic mass is 9.68. The van der Waals surface area contributed by atoms with E-state index in [4.69, 9.17) is 5.11 Å². The predicted molar refractivity (Wildman–Crippen MR) is 76.4 cm³/mol. The highest BCUT2D eigenvalue weighted by Gasteiger charge is 2.42. The van der Waals surface area contributed by atoms with Crippen molar-refractivity contribution in [3.8, 4) is 0 Å². The van der Waals surface area contributed by atoms with Crippen LogP contribution in [0.25, 0.3) is 0 Å². The highest BCUT2D eigenvalue weighted by atomic mass is 19.1. The molecule has 0 aromatic heterocycles. The second-order valence-corrected chi connectivity index (χ2v) is 5.69. The van der Waals surface area contributed by atoms with E-state index in [0.29, 0.717) is 18.4 Å². The Morgan fingerprint density at radius 2 is 1.95 bits per heavy atom. The van der Waals surface area contributed by atoms with E-state index in [9.17, 15) is 14.0 Å². The first-order chi connectivity index (χ1) is 9.95. The highest BCUT2D eigenvalue weighted by molar-refractivity contribution is 5.91. The summed E-state index contributed by atoms with van der Waals surface area (Å²) in [6.07, 6.45) is 4.04. The molecule has 1 fully saturated rings. The molecule has 1 amide bonds. The molecule has 0 radical (unpaired) electrons. The number of carbonyl (C=O) groups excluding carboxylic acids is 1. The fourth-order valence-electron chi connectivity index (χ4n) is 2.98. The number of aliphatic carboxylic acids is 1. The number of carboxylic acids is 1. The van der Waals surface area contributed by atoms with Crippen molar-refractivity contribution in [2.45, 2.75) is 50.5 Å². The summed E-state index contributed by atoms with van der Waals surface area (Å²) in [4.78, 5) is 23.6. The summed E-state index contributed by atoms with van der Waals surface area (Å²) in [5.41, 5.74) is -0.179. The first kappa shape index (κ1) is 15.5. The summed E-state index contributed by atoms with van der Waals surface area (Å²) in [5, 5.41) is 11.5. The molecule has 114 valence electrons. The predicted octanol–water partition coefficient (Wildman–Crippen LogP) is 2.62. The van der Waals surface area contributed by atoms with E-state index in [1.54, 1.807) is 12.1 Å². The van der Waals surface area contributed by atoms with Gasteiger partial charge in [-0.1, -0.05) is 31.4 Å². The number of hydrogen-bond donors (Lipinski definition) is 2. The molecule has 0 spiro atoms. The molecule has 1 aliphatic carbocycles. The summed E-state index contributed by atoms with van der Waals surface area (Å²) in [6, 6.07) is 5.12. The third-order valence-corrected chi connectivity index (χ3v) is 4.24. The maximum Gasteiger partial charge on any atom is 0.325 e. The van der Waals surface area contributed by atoms with Gasteiger partial charge in [-0.15, -0.1) is 0 Å². The molecule has 0 aliphatic heterocycles. The maximum absolute atomic E-state index is 13.5. The number of carbonyl (C=O) groups is 2. The highest BCUT2D eigenvalue weighted by Crippen LogP contribution is 2.40. The van der Waals surface area contributed by atoms with E-state index in [1.807, 2.05) is 0 Å². The molecule has 0 unspecified atom stereocenters. The van der Waals surface area contributed by atoms with E-state index < -0.39 is 17.4 Å². The molecular weight excluding hydrogens is 273 g/mol. The van der Waals surface area contributed by atoms with E-state index in [2.05, 4.69) is 5.32 Å². The Balaban J connectivity index is 2.33. The minimum absolute atomic E-state index is 0.317. The number of rotatable bonds is 4. The zero-order valence-electron chi connectivity index (χ0n) is 12.1. The Morgan fingerprint density at radius 3 is 2.52 bits per heavy atom. The average Bonchev–Trinajstić information content (AvgIpc) is 2.47. The van der Waals surface area contributed by atoms with E-state index >= 15 is 0 Å². The third kappa shape index (κ3) is 3.23. The first-order valence-corrected chi connectivity index (χ1v) is 7.25. The van der Waals surface area contributed by atoms with Crippen LogP contribution in [-0.2, 0) is 15.0 Å². The zero-order valence-corrected chi connectivity index (χ0v) is 12.1. The van der Waals surface area contributed by atoms with E-state index in [-0.39, 0.29) is 11.7 Å². The summed E-state index contributed by atoms with van der Waals surface area (Å²) in [6.45, 7) is 1.43. The van der Waals surface area contributed by atoms with Crippen LogP contribution < -0.4 is 5.32 Å². The van der Waals surface area contributed by atoms with Crippen LogP contribution in [0.2, 0.25) is 0 Å². The normalized spacial score (nSPS) is 18.8. The van der Waals surface area contributed by atoms with Gasteiger partial charge in [0.15, 0.2) is 0 Å². The molecule has 1 atom stereocenters. The van der Waals surface area contributed by atoms with Crippen molar-refractivity contribution in [1.82, 2.24) is 5.32 Å². The topological polar surface area (TPSA) is 66.4 Å². The Labute approximate surface area is 123 Å². The van der Waals surface area contributed by atoms with Gasteiger partial charge < -0.3 is 10.4 Å². The monoisotopic (exact) mass is 293 g/mol. The molecule has 1 aliphatic rings. The van der Waals surface area contributed by atoms with Crippen LogP contribution in [-0.4, -0.2) is 23.0 Å². The molecule has 1 aromatic carbocycles. The SMILES string of the molecule is C[C@H](NC(=O)C1(c2cccc(F)c2)CCCCC1)C(=O)O. The Bertz CT molecular complexity index is 538. The minimum atomic E-state index is -1.08. The number of amides is 1. The summed E-state index contributed by atoms with van der Waals surface area (Å²) < 4.78 is 13.5. The second-order valence-electron chi connectivity index (χ2n) is 5.69. The molecule has 4 nitrogen and oxygen atoms in total. The largest absolute Gasteiger partial charge is 0.480 e. The molecule has 0 heterocycles. The first-order valence-electron chi connectivity index (χ1n) is 7.25. The molecule has 0 saturated heterocycles. The third-order valence-electron chi connectivity index (χ3n) is 4.24. The number of hydrogen-bond acceptors (Lipinski definition) is 2. The van der Waals surface area contributed by atoms with E-state index in [0.717, 1.165) is 19.3 Å². The maximum atomic E-state index is 13.5. The van der Waals surface area contributed by atoms with Crippen LogP contribution in [0.15, 0.2) is 24.3 Å². The number of halogens is 1. The Hall–Kier alpha value is -1.91. The van der Waals surface area contributed by atoms with Gasteiger partial charge in [0.1, 0.15) is 11.9 Å². The van der Waals surface area contributed by atoms with Crippen LogP contribution in [0.1, 0.15) is 44.6 Å². The van der Waals surface area contributed by atoms with Crippen LogP contribution in [0.5, 0.6) is 0 Å². The summed E-state index contributed by atoms with van der Waals surface area (Å²) in [5.74, 6) is -1.77. The fourth-order valence-corrected chi connectivity index (χ4v) is 2.98.